The Labute approximate surface area is 424 Å². The lowest BCUT2D eigenvalue weighted by atomic mass is 9.33. The van der Waals surface area contributed by atoms with E-state index in [1.807, 2.05) is 0 Å². The van der Waals surface area contributed by atoms with Gasteiger partial charge in [-0.3, -0.25) is 9.59 Å². The highest BCUT2D eigenvalue weighted by Crippen LogP contribution is 2.76. The maximum atomic E-state index is 15.5. The number of allylic oxidation sites excluding steroid dienone is 2. The van der Waals surface area contributed by atoms with E-state index in [1.165, 1.54) is 12.5 Å². The van der Waals surface area contributed by atoms with Gasteiger partial charge in [0, 0.05) is 11.8 Å². The summed E-state index contributed by atoms with van der Waals surface area (Å²) in [7, 11) is 0. The molecule has 72 heavy (non-hydrogen) atoms. The lowest BCUT2D eigenvalue weighted by molar-refractivity contribution is -0.369. The zero-order valence-corrected chi connectivity index (χ0v) is 43.6. The Kier molecular flexibility index (Phi) is 16.5. The van der Waals surface area contributed by atoms with Gasteiger partial charge in [-0.25, -0.2) is 0 Å². The second-order valence-corrected chi connectivity index (χ2v) is 25.0. The standard InChI is InChI=1S/C53H88N2O17/c1-27-42(70-44-40(64)37(61)30(58)25-67-44)39(63)41(65)45(68-27)71-43-38(62)36(55-35(60)11-9-8-10-22-54)31(24-56)69-46(43)72-47(66)53-20-18-48(2,3)23-29(53)28-12-13-33-49(4)16-15-34(59)50(5,26-57)32(49)14-17-52(33,7)51(28,6)19-21-53/h12,27,29-34,36-46,56-59,61-65H,8-11,13-26,54H2,1-7H3,(H,55,60)/t27?,29?,30-,31?,32-,33?,34+,36+,37?,38?,39?,40?,41?,42+,43?,44+,45?,46+,49?,50-,51-,52?,53+/m1/s1. The van der Waals surface area contributed by atoms with Gasteiger partial charge in [0.05, 0.1) is 43.5 Å². The molecule has 1 amide bonds. The molecule has 12 N–H and O–H groups in total. The minimum atomic E-state index is -1.88. The van der Waals surface area contributed by atoms with E-state index in [0.717, 1.165) is 44.9 Å². The molecule has 0 spiro atoms. The molecule has 8 aliphatic rings. The number of carbonyl (C=O) groups is 2. The van der Waals surface area contributed by atoms with Crippen LogP contribution in [0.3, 0.4) is 0 Å². The van der Waals surface area contributed by atoms with Crippen molar-refractivity contribution < 1.29 is 84.0 Å². The normalized spacial score (nSPS) is 50.0. The second kappa shape index (κ2) is 21.1. The molecular formula is C53H88N2O17. The third-order valence-corrected chi connectivity index (χ3v) is 20.5. The average molecular weight is 1030 g/mol. The number of nitrogens with two attached hydrogens (primary N) is 1. The number of esters is 1. The van der Waals surface area contributed by atoms with Crippen molar-refractivity contribution >= 4 is 11.9 Å². The third-order valence-electron chi connectivity index (χ3n) is 20.5. The molecule has 0 bridgehead atoms. The summed E-state index contributed by atoms with van der Waals surface area (Å²) in [6.45, 7) is 14.6. The first-order valence-corrected chi connectivity index (χ1v) is 27.0. The summed E-state index contributed by atoms with van der Waals surface area (Å²) in [4.78, 5) is 28.9. The van der Waals surface area contributed by atoms with Gasteiger partial charge in [-0.15, -0.1) is 0 Å². The van der Waals surface area contributed by atoms with Crippen molar-refractivity contribution in [1.29, 1.82) is 0 Å². The van der Waals surface area contributed by atoms with Crippen molar-refractivity contribution in [2.24, 2.45) is 56.0 Å². The largest absolute Gasteiger partial charge is 0.432 e. The number of nitrogens with one attached hydrogen (secondary N) is 1. The molecular weight excluding hydrogens is 937 g/mol. The predicted molar refractivity (Wildman–Crippen MR) is 258 cm³/mol. The van der Waals surface area contributed by atoms with Crippen molar-refractivity contribution in [1.82, 2.24) is 5.32 Å². The Balaban J connectivity index is 1.08. The summed E-state index contributed by atoms with van der Waals surface area (Å²) in [5, 5.41) is 102. The minimum Gasteiger partial charge on any atom is -0.432 e. The van der Waals surface area contributed by atoms with Crippen LogP contribution in [0.4, 0.5) is 0 Å². The van der Waals surface area contributed by atoms with Crippen molar-refractivity contribution in [3.8, 4) is 0 Å². The van der Waals surface area contributed by atoms with Crippen LogP contribution < -0.4 is 11.1 Å². The molecule has 23 atom stereocenters. The summed E-state index contributed by atoms with van der Waals surface area (Å²) in [5.41, 5.74) is 4.64. The number of rotatable bonds is 14. The average Bonchev–Trinajstić information content (AvgIpc) is 3.33. The maximum absolute atomic E-state index is 15.5. The molecule has 0 aromatic heterocycles. The van der Waals surface area contributed by atoms with Crippen LogP contribution in [0.1, 0.15) is 138 Å². The van der Waals surface area contributed by atoms with Gasteiger partial charge in [0.1, 0.15) is 48.8 Å². The van der Waals surface area contributed by atoms with Gasteiger partial charge in [-0.1, -0.05) is 59.6 Å². The van der Waals surface area contributed by atoms with Gasteiger partial charge in [0.15, 0.2) is 18.7 Å². The number of carbonyl (C=O) groups excluding carboxylic acids is 2. The Morgan fingerprint density at radius 1 is 0.764 bits per heavy atom. The summed E-state index contributed by atoms with van der Waals surface area (Å²) in [5.74, 6) is -0.770. The van der Waals surface area contributed by atoms with Crippen molar-refractivity contribution in [2.75, 3.05) is 26.4 Å². The minimum absolute atomic E-state index is 0.0676. The molecule has 5 aliphatic carbocycles. The Bertz CT molecular complexity index is 1960. The van der Waals surface area contributed by atoms with Gasteiger partial charge >= 0.3 is 5.97 Å². The molecule has 0 radical (unpaired) electrons. The number of fused-ring (bicyclic) bond motifs is 7. The molecule has 13 unspecified atom stereocenters. The fraction of sp³-hybridized carbons (Fsp3) is 0.925. The zero-order chi connectivity index (χ0) is 52.5. The summed E-state index contributed by atoms with van der Waals surface area (Å²) in [6, 6.07) is -1.28. The molecule has 3 saturated heterocycles. The number of aliphatic hydroxyl groups excluding tert-OH is 9. The number of hydrogen-bond acceptors (Lipinski definition) is 18. The van der Waals surface area contributed by atoms with E-state index >= 15 is 4.79 Å². The van der Waals surface area contributed by atoms with Crippen LogP contribution >= 0.6 is 0 Å². The van der Waals surface area contributed by atoms with E-state index < -0.39 is 121 Å². The lowest BCUT2D eigenvalue weighted by Gasteiger charge is -2.71. The third kappa shape index (κ3) is 9.55. The molecule has 8 rings (SSSR count). The molecule has 19 nitrogen and oxygen atoms in total. The fourth-order valence-corrected chi connectivity index (χ4v) is 15.7. The first-order chi connectivity index (χ1) is 33.9. The van der Waals surface area contributed by atoms with Crippen LogP contribution in [0.25, 0.3) is 0 Å². The maximum Gasteiger partial charge on any atom is 0.315 e. The first-order valence-electron chi connectivity index (χ1n) is 27.0. The summed E-state index contributed by atoms with van der Waals surface area (Å²) >= 11 is 0. The summed E-state index contributed by atoms with van der Waals surface area (Å²) in [6.07, 6.45) is -9.14. The Hall–Kier alpha value is -1.92. The highest BCUT2D eigenvalue weighted by atomic mass is 16.8. The predicted octanol–water partition coefficient (Wildman–Crippen LogP) is 1.42. The van der Waals surface area contributed by atoms with Crippen molar-refractivity contribution in [3.05, 3.63) is 11.6 Å². The Morgan fingerprint density at radius 3 is 2.15 bits per heavy atom. The quantitative estimate of drug-likeness (QED) is 0.0666. The Morgan fingerprint density at radius 2 is 1.46 bits per heavy atom. The van der Waals surface area contributed by atoms with E-state index in [0.29, 0.717) is 45.1 Å². The molecule has 19 heteroatoms. The molecule has 3 heterocycles. The lowest BCUT2D eigenvalue weighted by Crippen LogP contribution is -2.68. The first kappa shape index (κ1) is 56.3. The van der Waals surface area contributed by atoms with Crippen LogP contribution in [0.2, 0.25) is 0 Å². The highest BCUT2D eigenvalue weighted by molar-refractivity contribution is 5.79. The molecule has 3 aliphatic heterocycles. The van der Waals surface area contributed by atoms with Gasteiger partial charge in [0.2, 0.25) is 12.2 Å². The second-order valence-electron chi connectivity index (χ2n) is 25.0. The van der Waals surface area contributed by atoms with Crippen LogP contribution in [0.15, 0.2) is 11.6 Å². The number of hydrogen-bond donors (Lipinski definition) is 11. The van der Waals surface area contributed by atoms with Gasteiger partial charge in [-0.05, 0) is 130 Å². The van der Waals surface area contributed by atoms with Crippen LogP contribution in [-0.4, -0.2) is 176 Å². The van der Waals surface area contributed by atoms with E-state index in [4.69, 9.17) is 34.2 Å². The SMILES string of the molecule is CC1OC(OC2C(O)[C@@H](NC(=O)CCCCCN)C(CO)O[C@H]2OC(=O)[C@]23CCC(C)(C)CC2C2=CCC4C5(C)CC[C@H](O)[C@](C)(CO)[C@@H]5CCC4(C)[C@]2(C)CC3)C(O)C(O)[C@H]1O[C@@H]1OC[C@@H](O)C(O)C1O. The molecule has 4 saturated carbocycles. The van der Waals surface area contributed by atoms with E-state index in [-0.39, 0.29) is 59.0 Å². The topological polar surface area (TPSA) is 310 Å². The van der Waals surface area contributed by atoms with Gasteiger partial charge in [-0.2, -0.15) is 0 Å². The van der Waals surface area contributed by atoms with E-state index in [2.05, 4.69) is 52.9 Å². The number of aliphatic hydroxyl groups is 9. The number of unbranched alkanes of at least 4 members (excludes halogenated alkanes) is 2. The van der Waals surface area contributed by atoms with Gasteiger partial charge in [0.25, 0.3) is 0 Å². The van der Waals surface area contributed by atoms with Crippen LogP contribution in [0.5, 0.6) is 0 Å². The van der Waals surface area contributed by atoms with Crippen molar-refractivity contribution in [2.45, 2.75) is 230 Å². The van der Waals surface area contributed by atoms with E-state index in [1.54, 1.807) is 0 Å². The molecule has 412 valence electrons. The number of ether oxygens (including phenoxy) is 6. The fourth-order valence-electron chi connectivity index (χ4n) is 15.7. The molecule has 7 fully saturated rings. The number of amides is 1. The zero-order valence-electron chi connectivity index (χ0n) is 43.6. The van der Waals surface area contributed by atoms with Crippen LogP contribution in [0, 0.1) is 50.2 Å². The monoisotopic (exact) mass is 1020 g/mol. The van der Waals surface area contributed by atoms with Gasteiger partial charge < -0.3 is 85.4 Å². The van der Waals surface area contributed by atoms with E-state index in [9.17, 15) is 50.8 Å². The highest BCUT2D eigenvalue weighted by Gasteiger charge is 2.70. The smallest absolute Gasteiger partial charge is 0.315 e. The van der Waals surface area contributed by atoms with Crippen molar-refractivity contribution in [3.63, 3.8) is 0 Å². The van der Waals surface area contributed by atoms with Crippen LogP contribution in [-0.2, 0) is 38.0 Å². The molecule has 0 aromatic rings. The molecule has 0 aromatic carbocycles. The summed E-state index contributed by atoms with van der Waals surface area (Å²) < 4.78 is 36.5.